The molecule has 8 nitrogen and oxygen atoms in total. The van der Waals surface area contributed by atoms with Crippen LogP contribution in [0.5, 0.6) is 11.5 Å². The first-order chi connectivity index (χ1) is 16.4. The Hall–Kier alpha value is -3.76. The molecule has 2 N–H and O–H groups in total. The van der Waals surface area contributed by atoms with Crippen LogP contribution in [0, 0.1) is 5.82 Å². The Morgan fingerprint density at radius 3 is 2.82 bits per heavy atom. The molecule has 0 aliphatic carbocycles. The molecule has 4 rings (SSSR count). The van der Waals surface area contributed by atoms with Crippen molar-refractivity contribution in [3.63, 3.8) is 0 Å². The van der Waals surface area contributed by atoms with Gasteiger partial charge in [0.25, 0.3) is 5.91 Å². The summed E-state index contributed by atoms with van der Waals surface area (Å²) in [5.41, 5.74) is 1.22. The normalized spacial score (nSPS) is 10.9. The largest absolute Gasteiger partial charge is 0.493 e. The van der Waals surface area contributed by atoms with Gasteiger partial charge < -0.3 is 24.5 Å². The monoisotopic (exact) mass is 483 g/mol. The highest BCUT2D eigenvalue weighted by molar-refractivity contribution is 7.17. The standard InChI is InChI=1S/C24H22FN3O5S/c1-28-12-18(27-23(28)16-13-34-22-15(16)4-3-5-17(22)25)19(30)11-26-24(31)14-6-7-20(33-9-8-29)21(10-14)32-2/h3-7,10,12-13,29H,8-9,11H2,1-2H3,(H,26,31). The number of rotatable bonds is 9. The van der Waals surface area contributed by atoms with Crippen molar-refractivity contribution in [1.29, 1.82) is 0 Å². The second-order valence-corrected chi connectivity index (χ2v) is 8.25. The fraction of sp³-hybridized carbons (Fsp3) is 0.208. The second-order valence-electron chi connectivity index (χ2n) is 7.37. The highest BCUT2D eigenvalue weighted by Gasteiger charge is 2.19. The molecule has 2 aromatic carbocycles. The third-order valence-electron chi connectivity index (χ3n) is 5.14. The van der Waals surface area contributed by atoms with Gasteiger partial charge in [-0.3, -0.25) is 9.59 Å². The van der Waals surface area contributed by atoms with E-state index in [-0.39, 0.29) is 42.6 Å². The molecule has 2 aromatic heterocycles. The number of amides is 1. The first-order valence-electron chi connectivity index (χ1n) is 10.4. The first kappa shape index (κ1) is 23.4. The van der Waals surface area contributed by atoms with Crippen molar-refractivity contribution in [2.24, 2.45) is 7.05 Å². The minimum absolute atomic E-state index is 0.0958. The van der Waals surface area contributed by atoms with Crippen LogP contribution in [0.4, 0.5) is 4.39 Å². The maximum atomic E-state index is 14.1. The number of aliphatic hydroxyl groups excluding tert-OH is 1. The number of nitrogens with one attached hydrogen (secondary N) is 1. The van der Waals surface area contributed by atoms with Gasteiger partial charge in [0, 0.05) is 35.1 Å². The quantitative estimate of drug-likeness (QED) is 0.354. The van der Waals surface area contributed by atoms with Crippen molar-refractivity contribution in [3.05, 3.63) is 65.0 Å². The Morgan fingerprint density at radius 1 is 1.24 bits per heavy atom. The van der Waals surface area contributed by atoms with E-state index in [1.54, 1.807) is 29.9 Å². The molecule has 2 heterocycles. The third-order valence-corrected chi connectivity index (χ3v) is 6.14. The Kier molecular flexibility index (Phi) is 6.90. The molecule has 0 saturated heterocycles. The van der Waals surface area contributed by atoms with Gasteiger partial charge in [0.2, 0.25) is 5.78 Å². The number of Topliss-reactive ketones (excluding diaryl/α,β-unsaturated/α-hetero) is 1. The van der Waals surface area contributed by atoms with Crippen LogP contribution in [0.25, 0.3) is 21.5 Å². The summed E-state index contributed by atoms with van der Waals surface area (Å²) in [5, 5.41) is 14.0. The maximum Gasteiger partial charge on any atom is 0.251 e. The smallest absolute Gasteiger partial charge is 0.251 e. The molecule has 0 fully saturated rings. The molecule has 0 radical (unpaired) electrons. The van der Waals surface area contributed by atoms with Crippen LogP contribution in [0.2, 0.25) is 0 Å². The minimum atomic E-state index is -0.462. The molecule has 0 atom stereocenters. The van der Waals surface area contributed by atoms with E-state index in [0.29, 0.717) is 22.0 Å². The van der Waals surface area contributed by atoms with E-state index in [1.165, 1.54) is 36.6 Å². The van der Waals surface area contributed by atoms with Gasteiger partial charge in [-0.25, -0.2) is 9.37 Å². The van der Waals surface area contributed by atoms with Gasteiger partial charge >= 0.3 is 0 Å². The van der Waals surface area contributed by atoms with Crippen LogP contribution < -0.4 is 14.8 Å². The number of aromatic nitrogens is 2. The molecule has 0 bridgehead atoms. The Morgan fingerprint density at radius 2 is 2.06 bits per heavy atom. The second kappa shape index (κ2) is 10.0. The average molecular weight is 484 g/mol. The molecule has 0 aliphatic heterocycles. The lowest BCUT2D eigenvalue weighted by atomic mass is 10.1. The molecular weight excluding hydrogens is 461 g/mol. The van der Waals surface area contributed by atoms with Gasteiger partial charge in [-0.15, -0.1) is 11.3 Å². The predicted molar refractivity (Wildman–Crippen MR) is 126 cm³/mol. The maximum absolute atomic E-state index is 14.1. The SMILES string of the molecule is COc1cc(C(=O)NCC(=O)c2cn(C)c(-c3csc4c(F)cccc34)n2)ccc1OCCO. The number of benzene rings is 2. The van der Waals surface area contributed by atoms with Crippen molar-refractivity contribution in [1.82, 2.24) is 14.9 Å². The van der Waals surface area contributed by atoms with Crippen molar-refractivity contribution >= 4 is 33.1 Å². The molecule has 176 valence electrons. The number of fused-ring (bicyclic) bond motifs is 1. The molecule has 10 heteroatoms. The fourth-order valence-corrected chi connectivity index (χ4v) is 4.44. The summed E-state index contributed by atoms with van der Waals surface area (Å²) >= 11 is 1.28. The highest BCUT2D eigenvalue weighted by atomic mass is 32.1. The average Bonchev–Trinajstić information content (AvgIpc) is 3.45. The first-order valence-corrected chi connectivity index (χ1v) is 11.2. The van der Waals surface area contributed by atoms with E-state index in [0.717, 1.165) is 10.9 Å². The van der Waals surface area contributed by atoms with E-state index in [9.17, 15) is 14.0 Å². The molecule has 1 amide bonds. The van der Waals surface area contributed by atoms with Crippen LogP contribution in [0.3, 0.4) is 0 Å². The van der Waals surface area contributed by atoms with Crippen LogP contribution in [-0.2, 0) is 7.05 Å². The summed E-state index contributed by atoms with van der Waals surface area (Å²) in [5.74, 6) is 0.139. The lowest BCUT2D eigenvalue weighted by molar-refractivity contribution is 0.0902. The van der Waals surface area contributed by atoms with Crippen molar-refractivity contribution in [2.45, 2.75) is 0 Å². The van der Waals surface area contributed by atoms with Crippen LogP contribution in [0.1, 0.15) is 20.8 Å². The summed E-state index contributed by atoms with van der Waals surface area (Å²) in [6.07, 6.45) is 1.59. The summed E-state index contributed by atoms with van der Waals surface area (Å²) < 4.78 is 26.9. The number of thiophene rings is 1. The number of aryl methyl sites for hydroxylation is 1. The Labute approximate surface area is 198 Å². The minimum Gasteiger partial charge on any atom is -0.493 e. The number of hydrogen-bond acceptors (Lipinski definition) is 7. The molecule has 4 aromatic rings. The number of ketones is 1. The number of methoxy groups -OCH3 is 1. The Bertz CT molecular complexity index is 1360. The lowest BCUT2D eigenvalue weighted by Gasteiger charge is -2.11. The summed E-state index contributed by atoms with van der Waals surface area (Å²) in [4.78, 5) is 29.7. The molecule has 0 unspecified atom stereocenters. The molecule has 0 aliphatic rings. The van der Waals surface area contributed by atoms with Gasteiger partial charge in [0.1, 0.15) is 23.9 Å². The summed E-state index contributed by atoms with van der Waals surface area (Å²) in [6.45, 7) is -0.305. The van der Waals surface area contributed by atoms with Crippen molar-refractivity contribution in [2.75, 3.05) is 26.9 Å². The number of carbonyl (C=O) groups is 2. The molecular formula is C24H22FN3O5S. The number of aliphatic hydroxyl groups is 1. The topological polar surface area (TPSA) is 103 Å². The Balaban J connectivity index is 1.47. The van der Waals surface area contributed by atoms with Gasteiger partial charge in [-0.1, -0.05) is 12.1 Å². The molecule has 0 spiro atoms. The number of halogens is 1. The molecule has 0 saturated carbocycles. The van der Waals surface area contributed by atoms with Crippen LogP contribution >= 0.6 is 11.3 Å². The van der Waals surface area contributed by atoms with E-state index in [1.807, 2.05) is 11.4 Å². The van der Waals surface area contributed by atoms with E-state index >= 15 is 0 Å². The highest BCUT2D eigenvalue weighted by Crippen LogP contribution is 2.34. The number of nitrogens with zero attached hydrogens (tertiary/aromatic N) is 2. The van der Waals surface area contributed by atoms with Crippen molar-refractivity contribution in [3.8, 4) is 22.9 Å². The number of hydrogen-bond donors (Lipinski definition) is 2. The summed E-state index contributed by atoms with van der Waals surface area (Å²) in [6, 6.07) is 9.45. The predicted octanol–water partition coefficient (Wildman–Crippen LogP) is 3.43. The zero-order valence-electron chi connectivity index (χ0n) is 18.5. The zero-order valence-corrected chi connectivity index (χ0v) is 19.3. The molecule has 34 heavy (non-hydrogen) atoms. The summed E-state index contributed by atoms with van der Waals surface area (Å²) in [7, 11) is 3.20. The fourth-order valence-electron chi connectivity index (χ4n) is 3.48. The van der Waals surface area contributed by atoms with Gasteiger partial charge in [0.15, 0.2) is 11.5 Å². The van der Waals surface area contributed by atoms with Crippen LogP contribution in [0.15, 0.2) is 48.0 Å². The van der Waals surface area contributed by atoms with Crippen molar-refractivity contribution < 1.29 is 28.6 Å². The van der Waals surface area contributed by atoms with Gasteiger partial charge in [-0.05, 0) is 24.3 Å². The van der Waals surface area contributed by atoms with Gasteiger partial charge in [0.05, 0.1) is 25.0 Å². The van der Waals surface area contributed by atoms with Crippen LogP contribution in [-0.4, -0.2) is 53.2 Å². The zero-order chi connectivity index (χ0) is 24.2. The number of ether oxygens (including phenoxy) is 2. The van der Waals surface area contributed by atoms with Gasteiger partial charge in [-0.2, -0.15) is 0 Å². The number of imidazole rings is 1. The van der Waals surface area contributed by atoms with E-state index in [2.05, 4.69) is 10.3 Å². The van der Waals surface area contributed by atoms with E-state index in [4.69, 9.17) is 14.6 Å². The van der Waals surface area contributed by atoms with E-state index < -0.39 is 5.91 Å². The third kappa shape index (κ3) is 4.63. The lowest BCUT2D eigenvalue weighted by Crippen LogP contribution is -2.29. The number of carbonyl (C=O) groups excluding carboxylic acids is 2.